The van der Waals surface area contributed by atoms with Crippen LogP contribution in [-0.4, -0.2) is 84.2 Å². The molecule has 1 aliphatic carbocycles. The van der Waals surface area contributed by atoms with Crippen molar-refractivity contribution >= 4 is 5.91 Å². The molecule has 2 heterocycles. The molecule has 0 bridgehead atoms. The van der Waals surface area contributed by atoms with Gasteiger partial charge in [-0.3, -0.25) is 14.6 Å². The fraction of sp³-hybridized carbons (Fsp3) is 0.952. The fourth-order valence-electron chi connectivity index (χ4n) is 4.60. The lowest BCUT2D eigenvalue weighted by Crippen LogP contribution is -2.51. The van der Waals surface area contributed by atoms with Crippen molar-refractivity contribution in [3.05, 3.63) is 0 Å². The van der Waals surface area contributed by atoms with Gasteiger partial charge in [-0.05, 0) is 58.4 Å². The minimum Gasteiger partial charge on any atom is -0.373 e. The molecule has 0 aromatic carbocycles. The average molecular weight is 366 g/mol. The van der Waals surface area contributed by atoms with Gasteiger partial charge in [-0.2, -0.15) is 0 Å². The third-order valence-corrected chi connectivity index (χ3v) is 6.06. The molecule has 5 nitrogen and oxygen atoms in total. The van der Waals surface area contributed by atoms with Crippen molar-refractivity contribution in [2.75, 3.05) is 39.3 Å². The standard InChI is InChI=1S/C21H39N3O2/c1-16(2)9-11-24(19-7-8-19)21(25)15-23-10-5-6-20(23)14-22-12-17(3)26-18(4)13-22/h16-20H,5-15H2,1-4H3. The Hall–Kier alpha value is -0.650. The largest absolute Gasteiger partial charge is 0.373 e. The quantitative estimate of drug-likeness (QED) is 0.662. The molecule has 0 radical (unpaired) electrons. The van der Waals surface area contributed by atoms with Gasteiger partial charge in [0.15, 0.2) is 0 Å². The Morgan fingerprint density at radius 3 is 2.46 bits per heavy atom. The zero-order valence-electron chi connectivity index (χ0n) is 17.3. The van der Waals surface area contributed by atoms with Crippen LogP contribution in [0.3, 0.4) is 0 Å². The van der Waals surface area contributed by atoms with Gasteiger partial charge in [-0.1, -0.05) is 13.8 Å². The highest BCUT2D eigenvalue weighted by Gasteiger charge is 2.35. The first-order valence-electron chi connectivity index (χ1n) is 10.8. The third-order valence-electron chi connectivity index (χ3n) is 6.06. The number of amides is 1. The summed E-state index contributed by atoms with van der Waals surface area (Å²) in [6.07, 6.45) is 6.61. The molecule has 0 aromatic rings. The van der Waals surface area contributed by atoms with Crippen molar-refractivity contribution in [3.8, 4) is 0 Å². The molecule has 3 atom stereocenters. The van der Waals surface area contributed by atoms with Crippen LogP contribution in [0.15, 0.2) is 0 Å². The number of ether oxygens (including phenoxy) is 1. The summed E-state index contributed by atoms with van der Waals surface area (Å²) in [6.45, 7) is 14.6. The number of hydrogen-bond donors (Lipinski definition) is 0. The highest BCUT2D eigenvalue weighted by molar-refractivity contribution is 5.79. The molecule has 2 saturated heterocycles. The van der Waals surface area contributed by atoms with Crippen molar-refractivity contribution in [2.45, 2.75) is 84.1 Å². The summed E-state index contributed by atoms with van der Waals surface area (Å²) in [4.78, 5) is 20.2. The second kappa shape index (κ2) is 9.03. The molecule has 1 saturated carbocycles. The van der Waals surface area contributed by atoms with Gasteiger partial charge in [-0.15, -0.1) is 0 Å². The van der Waals surface area contributed by atoms with Gasteiger partial charge < -0.3 is 9.64 Å². The molecular formula is C21H39N3O2. The first kappa shape index (κ1) is 20.1. The lowest BCUT2D eigenvalue weighted by Gasteiger charge is -2.38. The van der Waals surface area contributed by atoms with Gasteiger partial charge >= 0.3 is 0 Å². The summed E-state index contributed by atoms with van der Waals surface area (Å²) in [6, 6.07) is 1.06. The Labute approximate surface area is 160 Å². The minimum absolute atomic E-state index is 0.316. The van der Waals surface area contributed by atoms with Crippen LogP contribution in [0.4, 0.5) is 0 Å². The maximum atomic E-state index is 13.0. The van der Waals surface area contributed by atoms with Crippen LogP contribution >= 0.6 is 0 Å². The molecule has 3 fully saturated rings. The van der Waals surface area contributed by atoms with Crippen LogP contribution < -0.4 is 0 Å². The highest BCUT2D eigenvalue weighted by atomic mass is 16.5. The van der Waals surface area contributed by atoms with E-state index in [9.17, 15) is 4.79 Å². The fourth-order valence-corrected chi connectivity index (χ4v) is 4.60. The SMILES string of the molecule is CC(C)CCN(C(=O)CN1CCCC1CN1CC(C)OC(C)C1)C1CC1. The first-order valence-corrected chi connectivity index (χ1v) is 10.8. The van der Waals surface area contributed by atoms with Crippen LogP contribution in [0.2, 0.25) is 0 Å². The number of carbonyl (C=O) groups is 1. The van der Waals surface area contributed by atoms with Gasteiger partial charge in [0.2, 0.25) is 5.91 Å². The van der Waals surface area contributed by atoms with Crippen molar-refractivity contribution in [2.24, 2.45) is 5.92 Å². The third kappa shape index (κ3) is 5.67. The van der Waals surface area contributed by atoms with E-state index in [0.29, 0.717) is 42.7 Å². The Morgan fingerprint density at radius 2 is 1.85 bits per heavy atom. The van der Waals surface area contributed by atoms with Crippen molar-refractivity contribution in [1.29, 1.82) is 0 Å². The van der Waals surface area contributed by atoms with Gasteiger partial charge in [0, 0.05) is 38.3 Å². The van der Waals surface area contributed by atoms with E-state index >= 15 is 0 Å². The molecular weight excluding hydrogens is 326 g/mol. The molecule has 150 valence electrons. The Balaban J connectivity index is 1.51. The molecule has 3 aliphatic rings. The van der Waals surface area contributed by atoms with Gasteiger partial charge in [-0.25, -0.2) is 0 Å². The summed E-state index contributed by atoms with van der Waals surface area (Å²) >= 11 is 0. The first-order chi connectivity index (χ1) is 12.4. The van der Waals surface area contributed by atoms with E-state index in [1.165, 1.54) is 25.7 Å². The van der Waals surface area contributed by atoms with E-state index in [0.717, 1.165) is 39.1 Å². The summed E-state index contributed by atoms with van der Waals surface area (Å²) < 4.78 is 5.87. The van der Waals surface area contributed by atoms with Crippen molar-refractivity contribution in [3.63, 3.8) is 0 Å². The van der Waals surface area contributed by atoms with E-state index in [1.807, 2.05) is 0 Å². The Kier molecular flexibility index (Phi) is 6.98. The molecule has 3 rings (SSSR count). The maximum absolute atomic E-state index is 13.0. The second-order valence-corrected chi connectivity index (χ2v) is 9.24. The van der Waals surface area contributed by atoms with Gasteiger partial charge in [0.25, 0.3) is 0 Å². The molecule has 26 heavy (non-hydrogen) atoms. The average Bonchev–Trinajstić information content (AvgIpc) is 3.29. The van der Waals surface area contributed by atoms with Crippen LogP contribution in [0.5, 0.6) is 0 Å². The Morgan fingerprint density at radius 1 is 1.15 bits per heavy atom. The monoisotopic (exact) mass is 365 g/mol. The lowest BCUT2D eigenvalue weighted by atomic mass is 10.1. The zero-order valence-corrected chi connectivity index (χ0v) is 17.3. The van der Waals surface area contributed by atoms with E-state index < -0.39 is 0 Å². The smallest absolute Gasteiger partial charge is 0.237 e. The number of likely N-dealkylation sites (tertiary alicyclic amines) is 1. The summed E-state index contributed by atoms with van der Waals surface area (Å²) in [5, 5.41) is 0. The minimum atomic E-state index is 0.316. The van der Waals surface area contributed by atoms with Crippen molar-refractivity contribution in [1.82, 2.24) is 14.7 Å². The van der Waals surface area contributed by atoms with Crippen LogP contribution in [-0.2, 0) is 9.53 Å². The zero-order chi connectivity index (χ0) is 18.7. The topological polar surface area (TPSA) is 36.0 Å². The highest BCUT2D eigenvalue weighted by Crippen LogP contribution is 2.28. The molecule has 3 unspecified atom stereocenters. The number of hydrogen-bond acceptors (Lipinski definition) is 4. The summed E-state index contributed by atoms with van der Waals surface area (Å²) in [5.74, 6) is 1.03. The second-order valence-electron chi connectivity index (χ2n) is 9.24. The van der Waals surface area contributed by atoms with E-state index in [2.05, 4.69) is 42.4 Å². The normalized spacial score (nSPS) is 30.9. The van der Waals surface area contributed by atoms with E-state index in [-0.39, 0.29) is 0 Å². The predicted molar refractivity (Wildman–Crippen MR) is 105 cm³/mol. The van der Waals surface area contributed by atoms with Gasteiger partial charge in [0.05, 0.1) is 18.8 Å². The molecule has 1 amide bonds. The molecule has 0 aromatic heterocycles. The molecule has 5 heteroatoms. The maximum Gasteiger partial charge on any atom is 0.237 e. The number of rotatable bonds is 8. The van der Waals surface area contributed by atoms with E-state index in [4.69, 9.17) is 4.74 Å². The lowest BCUT2D eigenvalue weighted by molar-refractivity contribution is -0.133. The number of carbonyl (C=O) groups excluding carboxylic acids is 1. The Bertz CT molecular complexity index is 456. The van der Waals surface area contributed by atoms with Crippen LogP contribution in [0.1, 0.15) is 59.8 Å². The van der Waals surface area contributed by atoms with Gasteiger partial charge in [0.1, 0.15) is 0 Å². The number of morpholine rings is 1. The molecule has 0 spiro atoms. The summed E-state index contributed by atoms with van der Waals surface area (Å²) in [5.41, 5.74) is 0. The molecule has 2 aliphatic heterocycles. The predicted octanol–water partition coefficient (Wildman–Crippen LogP) is 2.60. The molecule has 0 N–H and O–H groups in total. The number of nitrogens with zero attached hydrogens (tertiary/aromatic N) is 3. The summed E-state index contributed by atoms with van der Waals surface area (Å²) in [7, 11) is 0. The van der Waals surface area contributed by atoms with Crippen LogP contribution in [0.25, 0.3) is 0 Å². The van der Waals surface area contributed by atoms with Crippen molar-refractivity contribution < 1.29 is 9.53 Å². The van der Waals surface area contributed by atoms with E-state index in [1.54, 1.807) is 0 Å². The van der Waals surface area contributed by atoms with Crippen LogP contribution in [0, 0.1) is 5.92 Å².